The van der Waals surface area contributed by atoms with Crippen molar-refractivity contribution in [3.63, 3.8) is 0 Å². The number of ether oxygens (including phenoxy) is 1. The summed E-state index contributed by atoms with van der Waals surface area (Å²) in [4.78, 5) is 23.1. The molecule has 0 aliphatic rings. The minimum atomic E-state index is -1.82. The lowest BCUT2D eigenvalue weighted by Crippen LogP contribution is -2.28. The first-order chi connectivity index (χ1) is 9.11. The molecule has 0 fully saturated rings. The van der Waals surface area contributed by atoms with E-state index in [0.29, 0.717) is 0 Å². The molecule has 4 nitrogen and oxygen atoms in total. The van der Waals surface area contributed by atoms with Crippen LogP contribution in [-0.4, -0.2) is 22.3 Å². The minimum absolute atomic E-state index is 0.151. The third kappa shape index (κ3) is 4.81. The van der Waals surface area contributed by atoms with Crippen molar-refractivity contribution in [2.75, 3.05) is 6.61 Å². The summed E-state index contributed by atoms with van der Waals surface area (Å²) in [5.41, 5.74) is 7.52. The van der Waals surface area contributed by atoms with Gasteiger partial charge in [0.1, 0.15) is 12.4 Å². The Morgan fingerprint density at radius 3 is 2.45 bits per heavy atom. The molecule has 8 heteroatoms. The molecule has 0 saturated carbocycles. The third-order valence-corrected chi connectivity index (χ3v) is 2.72. The molecule has 1 radical (unpaired) electrons. The Morgan fingerprint density at radius 2 is 2.00 bits per heavy atom. The first-order valence-electron chi connectivity index (χ1n) is 5.36. The molecular formula is C12H10Cl3FNO3. The lowest BCUT2D eigenvalue weighted by Gasteiger charge is -2.16. The molecule has 0 bridgehead atoms. The van der Waals surface area contributed by atoms with E-state index in [0.717, 1.165) is 6.07 Å². The van der Waals surface area contributed by atoms with Crippen molar-refractivity contribution in [2.24, 2.45) is 0 Å². The number of carbonyl (C=O) groups excluding carboxylic acids is 2. The normalized spacial score (nSPS) is 12.8. The van der Waals surface area contributed by atoms with Gasteiger partial charge in [-0.1, -0.05) is 46.9 Å². The Hall–Kier alpha value is -1.04. The first-order valence-corrected chi connectivity index (χ1v) is 6.50. The summed E-state index contributed by atoms with van der Waals surface area (Å²) in [6.45, 7) is 0.914. The van der Waals surface area contributed by atoms with Crippen molar-refractivity contribution in [3.8, 4) is 0 Å². The smallest absolute Gasteiger partial charge is 0.323 e. The number of amides is 1. The van der Waals surface area contributed by atoms with Crippen molar-refractivity contribution in [1.29, 1.82) is 0 Å². The van der Waals surface area contributed by atoms with Crippen LogP contribution in [0.2, 0.25) is 0 Å². The maximum Gasteiger partial charge on any atom is 0.323 e. The second-order valence-electron chi connectivity index (χ2n) is 4.03. The van der Waals surface area contributed by atoms with E-state index in [2.05, 4.69) is 4.74 Å². The third-order valence-electron chi connectivity index (χ3n) is 2.39. The maximum absolute atomic E-state index is 13.2. The first kappa shape index (κ1) is 17.0. The molecule has 0 aliphatic heterocycles. The van der Waals surface area contributed by atoms with Crippen LogP contribution < -0.4 is 5.73 Å². The Balaban J connectivity index is 2.97. The fraction of sp³-hybridized carbons (Fsp3) is 0.333. The van der Waals surface area contributed by atoms with Crippen LogP contribution in [0.5, 0.6) is 0 Å². The Kier molecular flexibility index (Phi) is 5.62. The zero-order valence-corrected chi connectivity index (χ0v) is 12.5. The second-order valence-corrected chi connectivity index (χ2v) is 6.54. The molecule has 1 aromatic carbocycles. The van der Waals surface area contributed by atoms with E-state index in [1.165, 1.54) is 19.1 Å². The van der Waals surface area contributed by atoms with Crippen LogP contribution >= 0.6 is 34.8 Å². The van der Waals surface area contributed by atoms with Crippen LogP contribution in [0.15, 0.2) is 18.2 Å². The number of carbonyl (C=O) groups is 2. The molecule has 0 heterocycles. The number of alkyl halides is 3. The summed E-state index contributed by atoms with van der Waals surface area (Å²) < 4.78 is 16.0. The van der Waals surface area contributed by atoms with Crippen LogP contribution in [0.3, 0.4) is 0 Å². The number of rotatable bonds is 4. The van der Waals surface area contributed by atoms with Gasteiger partial charge < -0.3 is 4.74 Å². The van der Waals surface area contributed by atoms with Gasteiger partial charge in [-0.15, -0.1) is 0 Å². The summed E-state index contributed by atoms with van der Waals surface area (Å²) in [5.74, 6) is -4.20. The number of esters is 1. The fourth-order valence-electron chi connectivity index (χ4n) is 1.48. The molecule has 1 unspecified atom stereocenters. The Morgan fingerprint density at radius 1 is 1.40 bits per heavy atom. The zero-order valence-electron chi connectivity index (χ0n) is 10.3. The molecule has 0 spiro atoms. The van der Waals surface area contributed by atoms with Crippen LogP contribution in [-0.2, 0) is 14.3 Å². The highest BCUT2D eigenvalue weighted by molar-refractivity contribution is 6.67. The monoisotopic (exact) mass is 340 g/mol. The maximum atomic E-state index is 13.2. The van der Waals surface area contributed by atoms with E-state index >= 15 is 0 Å². The van der Waals surface area contributed by atoms with Crippen LogP contribution in [0.1, 0.15) is 17.0 Å². The molecule has 1 rings (SSSR count). The quantitative estimate of drug-likeness (QED) is 0.480. The zero-order chi connectivity index (χ0) is 15.5. The highest BCUT2D eigenvalue weighted by atomic mass is 35.6. The lowest BCUT2D eigenvalue weighted by molar-refractivity contribution is -0.148. The Labute approximate surface area is 129 Å². The van der Waals surface area contributed by atoms with Gasteiger partial charge in [0.2, 0.25) is 3.79 Å². The van der Waals surface area contributed by atoms with E-state index in [1.807, 2.05) is 0 Å². The average Bonchev–Trinajstić information content (AvgIpc) is 2.30. The summed E-state index contributed by atoms with van der Waals surface area (Å²) >= 11 is 16.3. The molecule has 1 atom stereocenters. The van der Waals surface area contributed by atoms with Gasteiger partial charge >= 0.3 is 5.97 Å². The van der Waals surface area contributed by atoms with Gasteiger partial charge in [0.05, 0.1) is 0 Å². The Bertz CT molecular complexity index is 531. The number of hydrogen-bond acceptors (Lipinski definition) is 3. The van der Waals surface area contributed by atoms with Crippen molar-refractivity contribution in [1.82, 2.24) is 5.73 Å². The minimum Gasteiger partial charge on any atom is -0.460 e. The van der Waals surface area contributed by atoms with Gasteiger partial charge in [-0.25, -0.2) is 4.39 Å². The van der Waals surface area contributed by atoms with Crippen LogP contribution in [0.25, 0.3) is 0 Å². The van der Waals surface area contributed by atoms with E-state index in [-0.39, 0.29) is 11.1 Å². The SMILES string of the molecule is Cc1cc(C(C([NH])=O)C(=O)OCC(Cl)(Cl)Cl)ccc1F. The van der Waals surface area contributed by atoms with Gasteiger partial charge in [0, 0.05) is 0 Å². The van der Waals surface area contributed by atoms with E-state index in [4.69, 9.17) is 40.5 Å². The predicted molar refractivity (Wildman–Crippen MR) is 73.2 cm³/mol. The molecule has 20 heavy (non-hydrogen) atoms. The van der Waals surface area contributed by atoms with Gasteiger partial charge in [-0.2, -0.15) is 0 Å². The molecular weight excluding hydrogens is 331 g/mol. The van der Waals surface area contributed by atoms with E-state index < -0.39 is 34.0 Å². The van der Waals surface area contributed by atoms with Gasteiger partial charge in [-0.05, 0) is 24.1 Å². The number of halogens is 4. The van der Waals surface area contributed by atoms with Crippen molar-refractivity contribution in [3.05, 3.63) is 35.1 Å². The molecule has 1 aromatic rings. The lowest BCUT2D eigenvalue weighted by atomic mass is 9.97. The highest BCUT2D eigenvalue weighted by Gasteiger charge is 2.31. The summed E-state index contributed by atoms with van der Waals surface area (Å²) in [6, 6.07) is 3.63. The number of aryl methyl sites for hydroxylation is 1. The van der Waals surface area contributed by atoms with Crippen LogP contribution in [0, 0.1) is 12.7 Å². The van der Waals surface area contributed by atoms with Gasteiger partial charge in [0.25, 0.3) is 5.91 Å². The van der Waals surface area contributed by atoms with Gasteiger partial charge in [0.15, 0.2) is 5.92 Å². The van der Waals surface area contributed by atoms with Crippen molar-refractivity contribution in [2.45, 2.75) is 16.6 Å². The molecule has 1 N–H and O–H groups in total. The fourth-order valence-corrected chi connectivity index (χ4v) is 1.64. The largest absolute Gasteiger partial charge is 0.460 e. The summed E-state index contributed by atoms with van der Waals surface area (Å²) in [5, 5.41) is 0. The molecule has 0 aromatic heterocycles. The number of nitrogens with one attached hydrogen (secondary N) is 1. The van der Waals surface area contributed by atoms with E-state index in [1.54, 1.807) is 0 Å². The summed E-state index contributed by atoms with van der Waals surface area (Å²) in [7, 11) is 0. The van der Waals surface area contributed by atoms with E-state index in [9.17, 15) is 14.0 Å². The second kappa shape index (κ2) is 6.61. The topological polar surface area (TPSA) is 67.2 Å². The van der Waals surface area contributed by atoms with Gasteiger partial charge in [-0.3, -0.25) is 15.3 Å². The summed E-state index contributed by atoms with van der Waals surface area (Å²) in [6.07, 6.45) is 0. The molecule has 109 valence electrons. The molecule has 0 saturated heterocycles. The van der Waals surface area contributed by atoms with Crippen molar-refractivity contribution >= 4 is 46.7 Å². The number of benzene rings is 1. The average molecular weight is 342 g/mol. The standard InChI is InChI=1S/C12H10Cl3FNO3/c1-6-4-7(2-3-8(6)16)9(10(17)18)11(19)20-5-12(13,14)15/h2-4,9,17H,5H2,1H3. The van der Waals surface area contributed by atoms with Crippen LogP contribution in [0.4, 0.5) is 4.39 Å². The predicted octanol–water partition coefficient (Wildman–Crippen LogP) is 2.94. The number of hydrogen-bond donors (Lipinski definition) is 0. The highest BCUT2D eigenvalue weighted by Crippen LogP contribution is 2.27. The molecule has 0 aliphatic carbocycles. The molecule has 1 amide bonds. The van der Waals surface area contributed by atoms with Crippen molar-refractivity contribution < 1.29 is 18.7 Å².